The van der Waals surface area contributed by atoms with Crippen molar-refractivity contribution in [1.82, 2.24) is 15.3 Å². The maximum absolute atomic E-state index is 11.7. The summed E-state index contributed by atoms with van der Waals surface area (Å²) in [6, 6.07) is -1.08. The zero-order valence-electron chi connectivity index (χ0n) is 13.1. The molecule has 118 valence electrons. The number of carboxylic acid groups (broad SMARTS) is 1. The second kappa shape index (κ2) is 6.60. The molecule has 0 aliphatic heterocycles. The second-order valence-electron chi connectivity index (χ2n) is 5.85. The second-order valence-corrected chi connectivity index (χ2v) is 5.85. The molecule has 1 amide bonds. The first-order valence-corrected chi connectivity index (χ1v) is 6.89. The number of hydrogen-bond donors (Lipinski definition) is 3. The number of nitrogens with one attached hydrogen (secondary N) is 2. The molecule has 0 aromatic carbocycles. The molecule has 0 saturated carbocycles. The lowest BCUT2D eigenvalue weighted by atomic mass is 10.1. The number of hydrogen-bond acceptors (Lipinski definition) is 4. The van der Waals surface area contributed by atoms with Crippen molar-refractivity contribution in [2.24, 2.45) is 0 Å². The quantitative estimate of drug-likeness (QED) is 0.768. The van der Waals surface area contributed by atoms with E-state index < -0.39 is 23.7 Å². The number of aryl methyl sites for hydroxylation is 2. The zero-order chi connectivity index (χ0) is 16.2. The number of rotatable bonds is 5. The smallest absolute Gasteiger partial charge is 0.408 e. The summed E-state index contributed by atoms with van der Waals surface area (Å²) in [5.41, 5.74) is 0.768. The van der Waals surface area contributed by atoms with Gasteiger partial charge in [-0.3, -0.25) is 0 Å². The van der Waals surface area contributed by atoms with E-state index in [-0.39, 0.29) is 6.42 Å². The molecule has 3 N–H and O–H groups in total. The summed E-state index contributed by atoms with van der Waals surface area (Å²) in [4.78, 5) is 30.4. The van der Waals surface area contributed by atoms with Gasteiger partial charge in [-0.15, -0.1) is 0 Å². The van der Waals surface area contributed by atoms with Gasteiger partial charge in [0.15, 0.2) is 0 Å². The van der Waals surface area contributed by atoms with Gasteiger partial charge in [0.05, 0.1) is 5.69 Å². The van der Waals surface area contributed by atoms with Crippen LogP contribution in [0.5, 0.6) is 0 Å². The van der Waals surface area contributed by atoms with Crippen molar-refractivity contribution < 1.29 is 19.4 Å². The molecule has 1 rings (SSSR count). The Morgan fingerprint density at radius 1 is 1.43 bits per heavy atom. The molecular formula is C14H23N3O4. The number of H-pyrrole nitrogens is 1. The van der Waals surface area contributed by atoms with Crippen LogP contribution in [0.4, 0.5) is 4.79 Å². The number of carboxylic acids is 1. The predicted molar refractivity (Wildman–Crippen MR) is 77.2 cm³/mol. The van der Waals surface area contributed by atoms with E-state index in [1.165, 1.54) is 0 Å². The van der Waals surface area contributed by atoms with Crippen molar-refractivity contribution in [1.29, 1.82) is 0 Å². The third-order valence-corrected chi connectivity index (χ3v) is 2.76. The van der Waals surface area contributed by atoms with E-state index in [0.29, 0.717) is 5.69 Å². The lowest BCUT2D eigenvalue weighted by Crippen LogP contribution is -2.44. The van der Waals surface area contributed by atoms with Crippen LogP contribution in [0.25, 0.3) is 0 Å². The monoisotopic (exact) mass is 297 g/mol. The highest BCUT2D eigenvalue weighted by atomic mass is 16.6. The lowest BCUT2D eigenvalue weighted by molar-refractivity contribution is -0.139. The zero-order valence-corrected chi connectivity index (χ0v) is 13.1. The minimum absolute atomic E-state index is 0.108. The van der Waals surface area contributed by atoms with E-state index in [1.807, 2.05) is 13.8 Å². The Bertz CT molecular complexity index is 517. The van der Waals surface area contributed by atoms with Gasteiger partial charge in [0.1, 0.15) is 17.5 Å². The van der Waals surface area contributed by atoms with Crippen LogP contribution >= 0.6 is 0 Å². The molecule has 0 aliphatic rings. The summed E-state index contributed by atoms with van der Waals surface area (Å²) in [6.45, 7) is 8.93. The van der Waals surface area contributed by atoms with Gasteiger partial charge >= 0.3 is 12.1 Å². The highest BCUT2D eigenvalue weighted by molar-refractivity contribution is 5.80. The minimum atomic E-state index is -1.12. The number of amides is 1. The molecule has 0 spiro atoms. The number of carbonyl (C=O) groups is 2. The normalized spacial score (nSPS) is 12.8. The molecule has 1 aromatic heterocycles. The number of nitrogens with zero attached hydrogens (tertiary/aromatic N) is 1. The molecule has 1 atom stereocenters. The third kappa shape index (κ3) is 5.45. The molecule has 0 saturated heterocycles. The SMILES string of the molecule is CCc1nc(CC(NC(=O)OC(C)(C)C)C(=O)O)c(C)[nH]1. The fraction of sp³-hybridized carbons (Fsp3) is 0.643. The molecular weight excluding hydrogens is 274 g/mol. The Kier molecular flexibility index (Phi) is 5.34. The standard InChI is InChI=1S/C14H23N3O4/c1-6-11-15-8(2)9(16-11)7-10(12(18)19)17-13(20)21-14(3,4)5/h10H,6-7H2,1-5H3,(H,15,16)(H,17,20)(H,18,19). The van der Waals surface area contributed by atoms with Crippen LogP contribution in [0.1, 0.15) is 44.9 Å². The van der Waals surface area contributed by atoms with Crippen LogP contribution in [0.2, 0.25) is 0 Å². The van der Waals surface area contributed by atoms with Gasteiger partial charge in [0.25, 0.3) is 0 Å². The maximum Gasteiger partial charge on any atom is 0.408 e. The van der Waals surface area contributed by atoms with E-state index in [1.54, 1.807) is 20.8 Å². The third-order valence-electron chi connectivity index (χ3n) is 2.76. The van der Waals surface area contributed by atoms with Gasteiger partial charge in [0.2, 0.25) is 0 Å². The molecule has 0 aliphatic carbocycles. The lowest BCUT2D eigenvalue weighted by Gasteiger charge is -2.21. The highest BCUT2D eigenvalue weighted by Crippen LogP contribution is 2.10. The molecule has 1 aromatic rings. The Morgan fingerprint density at radius 2 is 2.05 bits per heavy atom. The molecule has 7 heteroatoms. The summed E-state index contributed by atoms with van der Waals surface area (Å²) in [5.74, 6) is -0.329. The Hall–Kier alpha value is -2.05. The van der Waals surface area contributed by atoms with Gasteiger partial charge < -0.3 is 20.1 Å². The number of ether oxygens (including phenoxy) is 1. The van der Waals surface area contributed by atoms with E-state index >= 15 is 0 Å². The van der Waals surface area contributed by atoms with Crippen LogP contribution in [-0.4, -0.2) is 38.8 Å². The van der Waals surface area contributed by atoms with Crippen LogP contribution in [0.3, 0.4) is 0 Å². The number of imidazole rings is 1. The van der Waals surface area contributed by atoms with Crippen molar-refractivity contribution in [3.63, 3.8) is 0 Å². The van der Waals surface area contributed by atoms with E-state index in [9.17, 15) is 14.7 Å². The summed E-state index contributed by atoms with van der Waals surface area (Å²) in [5, 5.41) is 11.6. The first kappa shape index (κ1) is 17.0. The van der Waals surface area contributed by atoms with Gasteiger partial charge in [-0.05, 0) is 27.7 Å². The summed E-state index contributed by atoms with van der Waals surface area (Å²) in [6.07, 6.45) is 0.0911. The minimum Gasteiger partial charge on any atom is -0.480 e. The van der Waals surface area contributed by atoms with Crippen LogP contribution in [0, 0.1) is 6.92 Å². The molecule has 1 heterocycles. The van der Waals surface area contributed by atoms with Crippen molar-refractivity contribution in [2.75, 3.05) is 0 Å². The maximum atomic E-state index is 11.7. The Balaban J connectivity index is 2.76. The number of aromatic amines is 1. The van der Waals surface area contributed by atoms with Gasteiger partial charge in [-0.2, -0.15) is 0 Å². The van der Waals surface area contributed by atoms with Crippen molar-refractivity contribution >= 4 is 12.1 Å². The molecule has 0 fully saturated rings. The van der Waals surface area contributed by atoms with E-state index in [4.69, 9.17) is 4.74 Å². The number of aromatic nitrogens is 2. The molecule has 1 unspecified atom stereocenters. The number of alkyl carbamates (subject to hydrolysis) is 1. The highest BCUT2D eigenvalue weighted by Gasteiger charge is 2.25. The first-order chi connectivity index (χ1) is 9.62. The van der Waals surface area contributed by atoms with E-state index in [0.717, 1.165) is 17.9 Å². The molecule has 7 nitrogen and oxygen atoms in total. The van der Waals surface area contributed by atoms with Gasteiger partial charge in [-0.1, -0.05) is 6.92 Å². The Labute approximate surface area is 124 Å². The summed E-state index contributed by atoms with van der Waals surface area (Å²) >= 11 is 0. The largest absolute Gasteiger partial charge is 0.480 e. The molecule has 0 radical (unpaired) electrons. The molecule has 21 heavy (non-hydrogen) atoms. The molecule has 0 bridgehead atoms. The van der Waals surface area contributed by atoms with Crippen LogP contribution in [-0.2, 0) is 22.4 Å². The van der Waals surface area contributed by atoms with Crippen molar-refractivity contribution in [2.45, 2.75) is 59.1 Å². The number of aliphatic carboxylic acids is 1. The summed E-state index contributed by atoms with van der Waals surface area (Å²) in [7, 11) is 0. The van der Waals surface area contributed by atoms with E-state index in [2.05, 4.69) is 15.3 Å². The predicted octanol–water partition coefficient (Wildman–Crippen LogP) is 1.80. The van der Waals surface area contributed by atoms with Crippen LogP contribution in [0.15, 0.2) is 0 Å². The average molecular weight is 297 g/mol. The van der Waals surface area contributed by atoms with Crippen molar-refractivity contribution in [3.8, 4) is 0 Å². The van der Waals surface area contributed by atoms with Gasteiger partial charge in [-0.25, -0.2) is 14.6 Å². The topological polar surface area (TPSA) is 104 Å². The first-order valence-electron chi connectivity index (χ1n) is 6.89. The Morgan fingerprint density at radius 3 is 2.48 bits per heavy atom. The number of carbonyl (C=O) groups excluding carboxylic acids is 1. The van der Waals surface area contributed by atoms with Gasteiger partial charge in [0, 0.05) is 18.5 Å². The summed E-state index contributed by atoms with van der Waals surface area (Å²) < 4.78 is 5.07. The fourth-order valence-electron chi connectivity index (χ4n) is 1.77. The fourth-order valence-corrected chi connectivity index (χ4v) is 1.77. The van der Waals surface area contributed by atoms with Crippen molar-refractivity contribution in [3.05, 3.63) is 17.2 Å². The van der Waals surface area contributed by atoms with Crippen LogP contribution < -0.4 is 5.32 Å². The average Bonchev–Trinajstić information content (AvgIpc) is 2.66.